The average Bonchev–Trinajstić information content (AvgIpc) is 2.73. The van der Waals surface area contributed by atoms with Crippen molar-refractivity contribution in [2.75, 3.05) is 39.6 Å². The number of hydrogen-bond donors (Lipinski definition) is 8. The Bertz CT molecular complexity index is 257. The molecule has 0 aromatic heterocycles. The van der Waals surface area contributed by atoms with Crippen LogP contribution in [0.2, 0.25) is 0 Å². The third-order valence-corrected chi connectivity index (χ3v) is 4.18. The van der Waals surface area contributed by atoms with Crippen LogP contribution in [0.3, 0.4) is 0 Å². The van der Waals surface area contributed by atoms with E-state index in [9.17, 15) is 0 Å². The molecule has 0 aliphatic rings. The molecule has 8 nitrogen and oxygen atoms in total. The standard InChI is InChI=1S/C6H14O2.C5H12O2.2C5H12O.C3H8O2.CH4/c1-5(2)6(3-7)4-8;1-4(6)3-5(2)7;1-3-5(2)4-6;1-2-3-4-5-6;4-2-1-3-5;/h5-8H,3-4H2,1-2H3;4-7H,3H2,1-2H3;5-6H,3-4H2,1-2H3;6H,2-5H2,1H3;4-5H,1-3H2;1H4. The third kappa shape index (κ3) is 65.3. The monoisotopic (exact) mass is 490 g/mol. The van der Waals surface area contributed by atoms with Gasteiger partial charge in [0.2, 0.25) is 0 Å². The zero-order valence-corrected chi connectivity index (χ0v) is 21.9. The van der Waals surface area contributed by atoms with Crippen LogP contribution in [-0.2, 0) is 0 Å². The highest BCUT2D eigenvalue weighted by Crippen LogP contribution is 2.07. The Morgan fingerprint density at radius 2 is 0.970 bits per heavy atom. The minimum atomic E-state index is -0.375. The predicted octanol–water partition coefficient (Wildman–Crippen LogP) is 2.57. The maximum absolute atomic E-state index is 8.56. The van der Waals surface area contributed by atoms with Gasteiger partial charge in [0.1, 0.15) is 0 Å². The van der Waals surface area contributed by atoms with Crippen molar-refractivity contribution in [1.29, 1.82) is 0 Å². The van der Waals surface area contributed by atoms with E-state index in [0.29, 0.717) is 37.9 Å². The first-order valence-corrected chi connectivity index (χ1v) is 12.0. The van der Waals surface area contributed by atoms with E-state index in [0.717, 1.165) is 19.3 Å². The molecule has 8 N–H and O–H groups in total. The van der Waals surface area contributed by atoms with Crippen molar-refractivity contribution in [2.24, 2.45) is 17.8 Å². The molecule has 0 fully saturated rings. The predicted molar refractivity (Wildman–Crippen MR) is 139 cm³/mol. The molecule has 0 radical (unpaired) electrons. The van der Waals surface area contributed by atoms with E-state index < -0.39 is 0 Å². The van der Waals surface area contributed by atoms with E-state index in [4.69, 9.17) is 40.9 Å². The molecule has 8 heteroatoms. The number of unbranched alkanes of at least 4 members (excludes halogenated alkanes) is 2. The van der Waals surface area contributed by atoms with Crippen molar-refractivity contribution in [1.82, 2.24) is 0 Å². The molecular weight excluding hydrogens is 428 g/mol. The summed E-state index contributed by atoms with van der Waals surface area (Å²) < 4.78 is 0. The van der Waals surface area contributed by atoms with Gasteiger partial charge in [-0.15, -0.1) is 0 Å². The van der Waals surface area contributed by atoms with Crippen molar-refractivity contribution in [3.63, 3.8) is 0 Å². The maximum Gasteiger partial charge on any atom is 0.0536 e. The first kappa shape index (κ1) is 46.1. The highest BCUT2D eigenvalue weighted by Gasteiger charge is 2.08. The van der Waals surface area contributed by atoms with Gasteiger partial charge < -0.3 is 40.9 Å². The van der Waals surface area contributed by atoms with Gasteiger partial charge in [0, 0.05) is 45.6 Å². The van der Waals surface area contributed by atoms with E-state index in [1.54, 1.807) is 13.8 Å². The molecule has 0 heterocycles. The van der Waals surface area contributed by atoms with Gasteiger partial charge in [-0.1, -0.05) is 61.3 Å². The van der Waals surface area contributed by atoms with Crippen LogP contribution in [0, 0.1) is 17.8 Å². The van der Waals surface area contributed by atoms with Crippen molar-refractivity contribution in [2.45, 2.75) is 107 Å². The van der Waals surface area contributed by atoms with Gasteiger partial charge in [0.05, 0.1) is 12.2 Å². The Balaban J connectivity index is -0.0000000691. The zero-order chi connectivity index (χ0) is 26.4. The van der Waals surface area contributed by atoms with Crippen LogP contribution in [0.1, 0.15) is 94.4 Å². The summed E-state index contributed by atoms with van der Waals surface area (Å²) in [5.74, 6) is 0.935. The van der Waals surface area contributed by atoms with Gasteiger partial charge in [-0.05, 0) is 44.9 Å². The summed E-state index contributed by atoms with van der Waals surface area (Å²) in [5, 5.41) is 66.5. The molecule has 0 aliphatic heterocycles. The minimum Gasteiger partial charge on any atom is -0.396 e. The number of hydrogen-bond acceptors (Lipinski definition) is 8. The average molecular weight is 491 g/mol. The molecular formula is C25H62O8. The lowest BCUT2D eigenvalue weighted by Crippen LogP contribution is -2.17. The summed E-state index contributed by atoms with van der Waals surface area (Å²) in [4.78, 5) is 0. The lowest BCUT2D eigenvalue weighted by atomic mass is 9.98. The molecule has 0 saturated carbocycles. The van der Waals surface area contributed by atoms with Crippen LogP contribution < -0.4 is 0 Å². The molecule has 3 unspecified atom stereocenters. The van der Waals surface area contributed by atoms with Crippen molar-refractivity contribution in [3.05, 3.63) is 0 Å². The Morgan fingerprint density at radius 3 is 1.00 bits per heavy atom. The fraction of sp³-hybridized carbons (Fsp3) is 1.00. The molecule has 0 rings (SSSR count). The van der Waals surface area contributed by atoms with Crippen molar-refractivity contribution in [3.8, 4) is 0 Å². The highest BCUT2D eigenvalue weighted by atomic mass is 16.3. The Kier molecular flexibility index (Phi) is 58.5. The van der Waals surface area contributed by atoms with Crippen LogP contribution in [0.4, 0.5) is 0 Å². The van der Waals surface area contributed by atoms with E-state index in [1.807, 2.05) is 20.8 Å². The molecule has 33 heavy (non-hydrogen) atoms. The second kappa shape index (κ2) is 41.9. The first-order valence-electron chi connectivity index (χ1n) is 12.0. The van der Waals surface area contributed by atoms with Gasteiger partial charge in [-0.3, -0.25) is 0 Å². The van der Waals surface area contributed by atoms with E-state index >= 15 is 0 Å². The summed E-state index contributed by atoms with van der Waals surface area (Å²) in [6.45, 7) is 14.6. The van der Waals surface area contributed by atoms with Crippen LogP contribution >= 0.6 is 0 Å². The van der Waals surface area contributed by atoms with Crippen molar-refractivity contribution >= 4 is 0 Å². The fourth-order valence-corrected chi connectivity index (χ4v) is 1.53. The van der Waals surface area contributed by atoms with Crippen LogP contribution in [0.5, 0.6) is 0 Å². The summed E-state index contributed by atoms with van der Waals surface area (Å²) in [6, 6.07) is 0. The number of rotatable bonds is 12. The molecule has 3 atom stereocenters. The SMILES string of the molecule is C.CC(C)C(CO)CO.CC(O)CC(C)O.CCC(C)CO.CCCCCO.OCCCO. The lowest BCUT2D eigenvalue weighted by Gasteiger charge is -2.13. The first-order chi connectivity index (χ1) is 15.0. The van der Waals surface area contributed by atoms with E-state index in [2.05, 4.69) is 13.8 Å². The quantitative estimate of drug-likeness (QED) is 0.194. The van der Waals surface area contributed by atoms with Crippen LogP contribution in [0.25, 0.3) is 0 Å². The smallest absolute Gasteiger partial charge is 0.0536 e. The number of aliphatic hydroxyl groups excluding tert-OH is 8. The zero-order valence-electron chi connectivity index (χ0n) is 21.9. The molecule has 0 aromatic rings. The fourth-order valence-electron chi connectivity index (χ4n) is 1.53. The highest BCUT2D eigenvalue weighted by molar-refractivity contribution is 4.58. The summed E-state index contributed by atoms with van der Waals surface area (Å²) in [6.07, 6.45) is 4.63. The van der Waals surface area contributed by atoms with Gasteiger partial charge in [-0.25, -0.2) is 0 Å². The second-order valence-electron chi connectivity index (χ2n) is 8.23. The second-order valence-corrected chi connectivity index (χ2v) is 8.23. The van der Waals surface area contributed by atoms with E-state index in [-0.39, 0.29) is 52.0 Å². The van der Waals surface area contributed by atoms with Crippen LogP contribution in [-0.4, -0.2) is 92.7 Å². The largest absolute Gasteiger partial charge is 0.396 e. The topological polar surface area (TPSA) is 162 Å². The minimum absolute atomic E-state index is 0. The maximum atomic E-state index is 8.56. The summed E-state index contributed by atoms with van der Waals surface area (Å²) in [5.41, 5.74) is 0. The van der Waals surface area contributed by atoms with Gasteiger partial charge in [-0.2, -0.15) is 0 Å². The van der Waals surface area contributed by atoms with Gasteiger partial charge in [0.15, 0.2) is 0 Å². The summed E-state index contributed by atoms with van der Waals surface area (Å²) >= 11 is 0. The molecule has 210 valence electrons. The lowest BCUT2D eigenvalue weighted by molar-refractivity contribution is 0.102. The van der Waals surface area contributed by atoms with Crippen molar-refractivity contribution < 1.29 is 40.9 Å². The molecule has 0 saturated heterocycles. The Labute approximate surface area is 205 Å². The van der Waals surface area contributed by atoms with Crippen LogP contribution in [0.15, 0.2) is 0 Å². The molecule has 0 aliphatic carbocycles. The third-order valence-electron chi connectivity index (χ3n) is 4.18. The van der Waals surface area contributed by atoms with Gasteiger partial charge in [0.25, 0.3) is 0 Å². The Hall–Kier alpha value is -0.320. The molecule has 0 spiro atoms. The Morgan fingerprint density at radius 1 is 0.576 bits per heavy atom. The van der Waals surface area contributed by atoms with Gasteiger partial charge >= 0.3 is 0 Å². The normalized spacial score (nSPS) is 12.3. The molecule has 0 aromatic carbocycles. The van der Waals surface area contributed by atoms with E-state index in [1.165, 1.54) is 6.42 Å². The number of aliphatic hydroxyl groups is 8. The molecule has 0 bridgehead atoms. The molecule has 0 amide bonds. The summed E-state index contributed by atoms with van der Waals surface area (Å²) in [7, 11) is 0.